The predicted octanol–water partition coefficient (Wildman–Crippen LogP) is 2.40. The van der Waals surface area contributed by atoms with Crippen molar-refractivity contribution in [2.75, 3.05) is 31.1 Å². The highest BCUT2D eigenvalue weighted by atomic mass is 15.2. The second-order valence-electron chi connectivity index (χ2n) is 4.96. The van der Waals surface area contributed by atoms with Crippen LogP contribution in [0.3, 0.4) is 0 Å². The Labute approximate surface area is 111 Å². The van der Waals surface area contributed by atoms with Crippen molar-refractivity contribution >= 4 is 5.82 Å². The maximum atomic E-state index is 4.88. The Hall–Kier alpha value is -1.09. The van der Waals surface area contributed by atoms with Gasteiger partial charge in [-0.2, -0.15) is 0 Å². The summed E-state index contributed by atoms with van der Waals surface area (Å²) in [6.45, 7) is 8.77. The number of aromatic nitrogens is 1. The number of fused-ring (bicyclic) bond motifs is 1. The van der Waals surface area contributed by atoms with Crippen molar-refractivity contribution in [3.63, 3.8) is 0 Å². The third kappa shape index (κ3) is 3.22. The van der Waals surface area contributed by atoms with Gasteiger partial charge in [0.2, 0.25) is 0 Å². The van der Waals surface area contributed by atoms with E-state index in [4.69, 9.17) is 4.98 Å². The predicted molar refractivity (Wildman–Crippen MR) is 77.3 cm³/mol. The molecule has 0 unspecified atom stereocenters. The second kappa shape index (κ2) is 6.74. The van der Waals surface area contributed by atoms with Gasteiger partial charge in [-0.05, 0) is 37.9 Å². The summed E-state index contributed by atoms with van der Waals surface area (Å²) >= 11 is 0. The van der Waals surface area contributed by atoms with Gasteiger partial charge in [-0.3, -0.25) is 0 Å². The largest absolute Gasteiger partial charge is 0.357 e. The van der Waals surface area contributed by atoms with Crippen molar-refractivity contribution in [1.29, 1.82) is 0 Å². The summed E-state index contributed by atoms with van der Waals surface area (Å²) in [5, 5.41) is 3.44. The van der Waals surface area contributed by atoms with Crippen LogP contribution < -0.4 is 10.2 Å². The molecule has 0 spiro atoms. The molecule has 3 heteroatoms. The van der Waals surface area contributed by atoms with Crippen LogP contribution in [0.1, 0.15) is 37.9 Å². The molecular weight excluding hydrogens is 222 g/mol. The van der Waals surface area contributed by atoms with E-state index in [2.05, 4.69) is 36.2 Å². The summed E-state index contributed by atoms with van der Waals surface area (Å²) < 4.78 is 0. The standard InChI is InChI=1S/C15H25N3/c1-3-5-12-18(4-2)15-7-6-13-8-10-16-11-9-14(13)17-15/h6-7,16H,3-5,8-12H2,1-2H3. The number of hydrogen-bond donors (Lipinski definition) is 1. The van der Waals surface area contributed by atoms with Crippen LogP contribution in [0.5, 0.6) is 0 Å². The number of anilines is 1. The van der Waals surface area contributed by atoms with Gasteiger partial charge in [0.15, 0.2) is 0 Å². The molecule has 100 valence electrons. The highest BCUT2D eigenvalue weighted by molar-refractivity contribution is 5.42. The number of unbranched alkanes of at least 4 members (excludes halogenated alkanes) is 1. The molecule has 1 aromatic rings. The summed E-state index contributed by atoms with van der Waals surface area (Å²) in [5.74, 6) is 1.16. The molecule has 0 amide bonds. The number of pyridine rings is 1. The Morgan fingerprint density at radius 2 is 2.06 bits per heavy atom. The maximum Gasteiger partial charge on any atom is 0.128 e. The molecule has 0 aliphatic carbocycles. The Balaban J connectivity index is 2.15. The Morgan fingerprint density at radius 3 is 2.83 bits per heavy atom. The molecule has 2 heterocycles. The van der Waals surface area contributed by atoms with E-state index < -0.39 is 0 Å². The molecule has 0 fully saturated rings. The molecular formula is C15H25N3. The van der Waals surface area contributed by atoms with Crippen molar-refractivity contribution < 1.29 is 0 Å². The molecule has 0 atom stereocenters. The van der Waals surface area contributed by atoms with Crippen LogP contribution >= 0.6 is 0 Å². The summed E-state index contributed by atoms with van der Waals surface area (Å²) in [5.41, 5.74) is 2.72. The molecule has 18 heavy (non-hydrogen) atoms. The van der Waals surface area contributed by atoms with Gasteiger partial charge in [-0.25, -0.2) is 4.98 Å². The molecule has 0 saturated carbocycles. The first kappa shape index (κ1) is 13.3. The van der Waals surface area contributed by atoms with Crippen LogP contribution in [0, 0.1) is 0 Å². The zero-order valence-corrected chi connectivity index (χ0v) is 11.7. The molecule has 1 N–H and O–H groups in total. The summed E-state index contributed by atoms with van der Waals surface area (Å²) in [6, 6.07) is 4.47. The van der Waals surface area contributed by atoms with Crippen LogP contribution in [-0.2, 0) is 12.8 Å². The highest BCUT2D eigenvalue weighted by Crippen LogP contribution is 2.18. The van der Waals surface area contributed by atoms with Gasteiger partial charge in [0, 0.05) is 31.7 Å². The SMILES string of the molecule is CCCCN(CC)c1ccc2c(n1)CCNCC2. The smallest absolute Gasteiger partial charge is 0.128 e. The normalized spacial score (nSPS) is 15.0. The van der Waals surface area contributed by atoms with E-state index in [-0.39, 0.29) is 0 Å². The minimum Gasteiger partial charge on any atom is -0.357 e. The number of hydrogen-bond acceptors (Lipinski definition) is 3. The Morgan fingerprint density at radius 1 is 1.22 bits per heavy atom. The topological polar surface area (TPSA) is 28.2 Å². The minimum atomic E-state index is 1.05. The Kier molecular flexibility index (Phi) is 5.00. The molecule has 0 radical (unpaired) electrons. The van der Waals surface area contributed by atoms with Gasteiger partial charge in [-0.15, -0.1) is 0 Å². The maximum absolute atomic E-state index is 4.88. The molecule has 3 nitrogen and oxygen atoms in total. The molecule has 1 aliphatic heterocycles. The van der Waals surface area contributed by atoms with Crippen molar-refractivity contribution in [2.45, 2.75) is 39.5 Å². The zero-order chi connectivity index (χ0) is 12.8. The second-order valence-corrected chi connectivity index (χ2v) is 4.96. The van der Waals surface area contributed by atoms with Gasteiger partial charge < -0.3 is 10.2 Å². The minimum absolute atomic E-state index is 1.05. The van der Waals surface area contributed by atoms with Crippen LogP contribution in [0.4, 0.5) is 5.82 Å². The van der Waals surface area contributed by atoms with Gasteiger partial charge in [0.05, 0.1) is 0 Å². The molecule has 1 aromatic heterocycles. The molecule has 0 bridgehead atoms. The monoisotopic (exact) mass is 247 g/mol. The number of rotatable bonds is 5. The molecule has 2 rings (SSSR count). The van der Waals surface area contributed by atoms with E-state index in [1.54, 1.807) is 0 Å². The Bertz CT molecular complexity index is 376. The number of nitrogens with zero attached hydrogens (tertiary/aromatic N) is 2. The first-order valence-corrected chi connectivity index (χ1v) is 7.29. The van der Waals surface area contributed by atoms with Gasteiger partial charge in [0.1, 0.15) is 5.82 Å². The number of nitrogens with one attached hydrogen (secondary N) is 1. The average Bonchev–Trinajstić information content (AvgIpc) is 2.64. The van der Waals surface area contributed by atoms with Crippen molar-refractivity contribution in [1.82, 2.24) is 10.3 Å². The first-order valence-electron chi connectivity index (χ1n) is 7.29. The summed E-state index contributed by atoms with van der Waals surface area (Å²) in [6.07, 6.45) is 4.66. The van der Waals surface area contributed by atoms with E-state index in [9.17, 15) is 0 Å². The van der Waals surface area contributed by atoms with E-state index in [0.717, 1.165) is 44.8 Å². The van der Waals surface area contributed by atoms with Crippen molar-refractivity contribution in [3.05, 3.63) is 23.4 Å². The van der Waals surface area contributed by atoms with Gasteiger partial charge >= 0.3 is 0 Å². The van der Waals surface area contributed by atoms with Crippen molar-refractivity contribution in [3.8, 4) is 0 Å². The fourth-order valence-electron chi connectivity index (χ4n) is 2.48. The van der Waals surface area contributed by atoms with Crippen molar-refractivity contribution in [2.24, 2.45) is 0 Å². The summed E-state index contributed by atoms with van der Waals surface area (Å²) in [4.78, 5) is 7.27. The lowest BCUT2D eigenvalue weighted by atomic mass is 10.1. The fraction of sp³-hybridized carbons (Fsp3) is 0.667. The average molecular weight is 247 g/mol. The highest BCUT2D eigenvalue weighted by Gasteiger charge is 2.12. The zero-order valence-electron chi connectivity index (χ0n) is 11.7. The summed E-state index contributed by atoms with van der Waals surface area (Å²) in [7, 11) is 0. The quantitative estimate of drug-likeness (QED) is 0.866. The van der Waals surface area contributed by atoms with Crippen LogP contribution in [0.25, 0.3) is 0 Å². The van der Waals surface area contributed by atoms with E-state index in [0.29, 0.717) is 0 Å². The van der Waals surface area contributed by atoms with E-state index in [1.165, 1.54) is 24.1 Å². The van der Waals surface area contributed by atoms with E-state index in [1.807, 2.05) is 0 Å². The fourth-order valence-corrected chi connectivity index (χ4v) is 2.48. The molecule has 1 aliphatic rings. The molecule has 0 saturated heterocycles. The third-order valence-corrected chi connectivity index (χ3v) is 3.65. The van der Waals surface area contributed by atoms with Crippen LogP contribution in [0.15, 0.2) is 12.1 Å². The first-order chi connectivity index (χ1) is 8.85. The molecule has 0 aromatic carbocycles. The van der Waals surface area contributed by atoms with Gasteiger partial charge in [-0.1, -0.05) is 19.4 Å². The third-order valence-electron chi connectivity index (χ3n) is 3.65. The van der Waals surface area contributed by atoms with Crippen LogP contribution in [0.2, 0.25) is 0 Å². The lowest BCUT2D eigenvalue weighted by Crippen LogP contribution is -2.25. The lowest BCUT2D eigenvalue weighted by Gasteiger charge is -2.22. The van der Waals surface area contributed by atoms with Gasteiger partial charge in [0.25, 0.3) is 0 Å². The van der Waals surface area contributed by atoms with E-state index >= 15 is 0 Å². The van der Waals surface area contributed by atoms with Crippen LogP contribution in [-0.4, -0.2) is 31.2 Å². The lowest BCUT2D eigenvalue weighted by molar-refractivity contribution is 0.705.